The summed E-state index contributed by atoms with van der Waals surface area (Å²) in [6.45, 7) is 3.13. The normalized spacial score (nSPS) is 15.1. The van der Waals surface area contributed by atoms with Crippen molar-refractivity contribution in [3.8, 4) is 0 Å². The quantitative estimate of drug-likeness (QED) is 0.722. The standard InChI is InChI=1S/C22H25N5O2/c1-25(15-17-7-3-2-4-8-17)22(29)21-18(27-12-6-5-9-19(27)24-21)16-26-13-10-20(28)23-11-14-26/h2-9,12H,10-11,13-16H2,1H3,(H,23,28). The number of rotatable bonds is 5. The Morgan fingerprint density at radius 3 is 2.76 bits per heavy atom. The van der Waals surface area contributed by atoms with Crippen molar-refractivity contribution < 1.29 is 9.59 Å². The Morgan fingerprint density at radius 1 is 1.14 bits per heavy atom. The Kier molecular flexibility index (Phi) is 5.57. The molecule has 0 unspecified atom stereocenters. The van der Waals surface area contributed by atoms with Crippen LogP contribution in [0.2, 0.25) is 0 Å². The molecule has 0 saturated carbocycles. The second-order valence-corrected chi connectivity index (χ2v) is 7.36. The predicted molar refractivity (Wildman–Crippen MR) is 110 cm³/mol. The van der Waals surface area contributed by atoms with Gasteiger partial charge >= 0.3 is 0 Å². The number of hydrogen-bond acceptors (Lipinski definition) is 4. The van der Waals surface area contributed by atoms with Crippen molar-refractivity contribution in [3.05, 3.63) is 71.7 Å². The van der Waals surface area contributed by atoms with Gasteiger partial charge in [0, 0.05) is 52.4 Å². The minimum absolute atomic E-state index is 0.0736. The summed E-state index contributed by atoms with van der Waals surface area (Å²) in [5.41, 5.74) is 3.16. The smallest absolute Gasteiger partial charge is 0.274 e. The van der Waals surface area contributed by atoms with Crippen LogP contribution < -0.4 is 5.32 Å². The van der Waals surface area contributed by atoms with E-state index in [1.807, 2.05) is 59.1 Å². The third kappa shape index (κ3) is 4.30. The zero-order valence-corrected chi connectivity index (χ0v) is 16.5. The van der Waals surface area contributed by atoms with Gasteiger partial charge in [0.1, 0.15) is 5.65 Å². The van der Waals surface area contributed by atoms with Crippen LogP contribution in [0.1, 0.15) is 28.2 Å². The van der Waals surface area contributed by atoms with E-state index in [1.54, 1.807) is 11.9 Å². The number of pyridine rings is 1. The molecule has 29 heavy (non-hydrogen) atoms. The summed E-state index contributed by atoms with van der Waals surface area (Å²) in [6.07, 6.45) is 2.40. The topological polar surface area (TPSA) is 70.0 Å². The third-order valence-corrected chi connectivity index (χ3v) is 5.22. The summed E-state index contributed by atoms with van der Waals surface area (Å²) in [6, 6.07) is 15.7. The molecule has 1 aromatic carbocycles. The van der Waals surface area contributed by atoms with Gasteiger partial charge in [-0.1, -0.05) is 36.4 Å². The van der Waals surface area contributed by atoms with Gasteiger partial charge in [0.05, 0.1) is 5.69 Å². The summed E-state index contributed by atoms with van der Waals surface area (Å²) < 4.78 is 1.98. The van der Waals surface area contributed by atoms with Crippen LogP contribution in [0.25, 0.3) is 5.65 Å². The van der Waals surface area contributed by atoms with Gasteiger partial charge in [-0.05, 0) is 17.7 Å². The second kappa shape index (κ2) is 8.45. The fraction of sp³-hybridized carbons (Fsp3) is 0.318. The highest BCUT2D eigenvalue weighted by Crippen LogP contribution is 2.18. The van der Waals surface area contributed by atoms with Gasteiger partial charge in [-0.25, -0.2) is 4.98 Å². The first-order valence-corrected chi connectivity index (χ1v) is 9.86. The van der Waals surface area contributed by atoms with Crippen molar-refractivity contribution >= 4 is 17.5 Å². The predicted octanol–water partition coefficient (Wildman–Crippen LogP) is 1.93. The van der Waals surface area contributed by atoms with E-state index in [2.05, 4.69) is 15.2 Å². The monoisotopic (exact) mass is 391 g/mol. The first kappa shape index (κ1) is 19.1. The zero-order chi connectivity index (χ0) is 20.2. The van der Waals surface area contributed by atoms with E-state index in [9.17, 15) is 9.59 Å². The second-order valence-electron chi connectivity index (χ2n) is 7.36. The summed E-state index contributed by atoms with van der Waals surface area (Å²) in [5.74, 6) is -0.0267. The van der Waals surface area contributed by atoms with Crippen LogP contribution in [-0.4, -0.2) is 57.7 Å². The maximum Gasteiger partial charge on any atom is 0.274 e. The van der Waals surface area contributed by atoms with E-state index in [0.29, 0.717) is 38.3 Å². The molecule has 2 aromatic heterocycles. The SMILES string of the molecule is CN(Cc1ccccc1)C(=O)c1nc2ccccn2c1CN1CCNC(=O)CC1. The number of nitrogens with one attached hydrogen (secondary N) is 1. The van der Waals surface area contributed by atoms with Crippen molar-refractivity contribution in [2.75, 3.05) is 26.7 Å². The molecule has 1 fully saturated rings. The van der Waals surface area contributed by atoms with Crippen molar-refractivity contribution in [2.45, 2.75) is 19.5 Å². The maximum absolute atomic E-state index is 13.3. The fourth-order valence-electron chi connectivity index (χ4n) is 3.66. The molecular weight excluding hydrogens is 366 g/mol. The Labute approximate surface area is 169 Å². The Bertz CT molecular complexity index is 1010. The van der Waals surface area contributed by atoms with Crippen LogP contribution in [0.3, 0.4) is 0 Å². The van der Waals surface area contributed by atoms with Crippen molar-refractivity contribution in [2.24, 2.45) is 0 Å². The molecule has 1 aliphatic rings. The summed E-state index contributed by atoms with van der Waals surface area (Å²) in [4.78, 5) is 33.5. The van der Waals surface area contributed by atoms with Gasteiger partial charge in [-0.15, -0.1) is 0 Å². The van der Waals surface area contributed by atoms with Crippen molar-refractivity contribution in [1.29, 1.82) is 0 Å². The van der Waals surface area contributed by atoms with E-state index < -0.39 is 0 Å². The molecule has 1 aliphatic heterocycles. The number of hydrogen-bond donors (Lipinski definition) is 1. The number of benzene rings is 1. The molecule has 0 bridgehead atoms. The first-order chi connectivity index (χ1) is 14.1. The van der Waals surface area contributed by atoms with E-state index in [0.717, 1.165) is 23.4 Å². The lowest BCUT2D eigenvalue weighted by molar-refractivity contribution is -0.120. The van der Waals surface area contributed by atoms with Gasteiger partial charge in [-0.3, -0.25) is 14.5 Å². The average Bonchev–Trinajstić information content (AvgIpc) is 2.97. The molecule has 0 atom stereocenters. The number of nitrogens with zero attached hydrogens (tertiary/aromatic N) is 4. The van der Waals surface area contributed by atoms with E-state index in [4.69, 9.17) is 0 Å². The highest BCUT2D eigenvalue weighted by atomic mass is 16.2. The maximum atomic E-state index is 13.3. The molecule has 0 aliphatic carbocycles. The van der Waals surface area contributed by atoms with Gasteiger partial charge in [0.25, 0.3) is 5.91 Å². The lowest BCUT2D eigenvalue weighted by atomic mass is 10.2. The zero-order valence-electron chi connectivity index (χ0n) is 16.5. The molecule has 7 nitrogen and oxygen atoms in total. The highest BCUT2D eigenvalue weighted by Gasteiger charge is 2.24. The summed E-state index contributed by atoms with van der Waals surface area (Å²) >= 11 is 0. The third-order valence-electron chi connectivity index (χ3n) is 5.22. The molecule has 2 amide bonds. The molecule has 150 valence electrons. The average molecular weight is 391 g/mol. The highest BCUT2D eigenvalue weighted by molar-refractivity contribution is 5.94. The molecule has 4 rings (SSSR count). The molecule has 7 heteroatoms. The van der Waals surface area contributed by atoms with E-state index in [1.165, 1.54) is 0 Å². The van der Waals surface area contributed by atoms with Crippen LogP contribution in [-0.2, 0) is 17.9 Å². The Balaban J connectivity index is 1.62. The molecule has 0 radical (unpaired) electrons. The largest absolute Gasteiger partial charge is 0.355 e. The van der Waals surface area contributed by atoms with Gasteiger partial charge < -0.3 is 14.6 Å². The first-order valence-electron chi connectivity index (χ1n) is 9.86. The molecular formula is C22H25N5O2. The molecule has 3 heterocycles. The number of carbonyl (C=O) groups is 2. The number of amides is 2. The van der Waals surface area contributed by atoms with Gasteiger partial charge in [-0.2, -0.15) is 0 Å². The van der Waals surface area contributed by atoms with Crippen LogP contribution in [0.5, 0.6) is 0 Å². The van der Waals surface area contributed by atoms with Crippen molar-refractivity contribution in [3.63, 3.8) is 0 Å². The minimum Gasteiger partial charge on any atom is -0.355 e. The van der Waals surface area contributed by atoms with Crippen LogP contribution >= 0.6 is 0 Å². The Hall–Kier alpha value is -3.19. The van der Waals surface area contributed by atoms with Crippen LogP contribution in [0.4, 0.5) is 0 Å². The molecule has 0 spiro atoms. The van der Waals surface area contributed by atoms with E-state index in [-0.39, 0.29) is 11.8 Å². The van der Waals surface area contributed by atoms with Crippen molar-refractivity contribution in [1.82, 2.24) is 24.5 Å². The molecule has 3 aromatic rings. The van der Waals surface area contributed by atoms with Crippen LogP contribution in [0.15, 0.2) is 54.7 Å². The number of fused-ring (bicyclic) bond motifs is 1. The van der Waals surface area contributed by atoms with Gasteiger partial charge in [0.15, 0.2) is 5.69 Å². The lowest BCUT2D eigenvalue weighted by Crippen LogP contribution is -2.31. The van der Waals surface area contributed by atoms with E-state index >= 15 is 0 Å². The fourth-order valence-corrected chi connectivity index (χ4v) is 3.66. The molecule has 1 N–H and O–H groups in total. The molecule has 1 saturated heterocycles. The number of imidazole rings is 1. The lowest BCUT2D eigenvalue weighted by Gasteiger charge is -2.21. The number of aromatic nitrogens is 2. The summed E-state index contributed by atoms with van der Waals surface area (Å²) in [7, 11) is 1.80. The Morgan fingerprint density at radius 2 is 1.93 bits per heavy atom. The van der Waals surface area contributed by atoms with Gasteiger partial charge in [0.2, 0.25) is 5.91 Å². The number of carbonyl (C=O) groups excluding carboxylic acids is 2. The minimum atomic E-state index is -0.100. The van der Waals surface area contributed by atoms with Crippen LogP contribution in [0, 0.1) is 0 Å². The summed E-state index contributed by atoms with van der Waals surface area (Å²) in [5, 5.41) is 2.90.